The molecule has 1 aromatic carbocycles. The van der Waals surface area contributed by atoms with E-state index in [0.717, 1.165) is 18.8 Å². The molecule has 19 heavy (non-hydrogen) atoms. The predicted octanol–water partition coefficient (Wildman–Crippen LogP) is 2.20. The highest BCUT2D eigenvalue weighted by Crippen LogP contribution is 2.30. The summed E-state index contributed by atoms with van der Waals surface area (Å²) in [5.74, 6) is 0.792. The number of anilines is 2. The molecule has 0 bridgehead atoms. The van der Waals surface area contributed by atoms with E-state index < -0.39 is 0 Å². The Morgan fingerprint density at radius 2 is 2.11 bits per heavy atom. The molecular weight excluding hydrogens is 238 g/mol. The largest absolute Gasteiger partial charge is 0.489 e. The minimum absolute atomic E-state index is 0.144. The van der Waals surface area contributed by atoms with Gasteiger partial charge < -0.3 is 20.3 Å². The molecule has 1 atom stereocenters. The van der Waals surface area contributed by atoms with Crippen LogP contribution in [0.4, 0.5) is 11.4 Å². The predicted molar refractivity (Wildman–Crippen MR) is 80.9 cm³/mol. The van der Waals surface area contributed by atoms with E-state index in [-0.39, 0.29) is 6.10 Å². The minimum atomic E-state index is 0.144. The third kappa shape index (κ3) is 3.32. The Balaban J connectivity index is 2.13. The molecule has 1 fully saturated rings. The van der Waals surface area contributed by atoms with Crippen LogP contribution < -0.4 is 15.4 Å². The second-order valence-electron chi connectivity index (χ2n) is 5.74. The van der Waals surface area contributed by atoms with Crippen LogP contribution in [0, 0.1) is 0 Å². The van der Waals surface area contributed by atoms with E-state index >= 15 is 0 Å². The molecule has 0 radical (unpaired) electrons. The molecule has 0 unspecified atom stereocenters. The molecule has 0 aromatic heterocycles. The van der Waals surface area contributed by atoms with E-state index in [4.69, 9.17) is 10.5 Å². The molecule has 2 rings (SSSR count). The van der Waals surface area contributed by atoms with Crippen LogP contribution in [0.25, 0.3) is 0 Å². The van der Waals surface area contributed by atoms with E-state index in [1.54, 1.807) is 0 Å². The molecule has 1 aromatic rings. The van der Waals surface area contributed by atoms with E-state index in [1.165, 1.54) is 12.1 Å². The summed E-state index contributed by atoms with van der Waals surface area (Å²) in [5.41, 5.74) is 7.87. The first-order valence-electron chi connectivity index (χ1n) is 6.95. The Bertz CT molecular complexity index is 431. The lowest BCUT2D eigenvalue weighted by molar-refractivity contribution is 0.244. The number of nitrogens with two attached hydrogens (primary N) is 1. The fraction of sp³-hybridized carbons (Fsp3) is 0.600. The number of hydrogen-bond acceptors (Lipinski definition) is 4. The molecule has 106 valence electrons. The van der Waals surface area contributed by atoms with E-state index in [0.29, 0.717) is 11.7 Å². The zero-order valence-corrected chi connectivity index (χ0v) is 12.4. The quantitative estimate of drug-likeness (QED) is 0.846. The second-order valence-corrected chi connectivity index (χ2v) is 5.74. The maximum absolute atomic E-state index is 5.96. The molecule has 1 aliphatic rings. The van der Waals surface area contributed by atoms with Crippen molar-refractivity contribution >= 4 is 11.4 Å². The first-order valence-corrected chi connectivity index (χ1v) is 6.95. The van der Waals surface area contributed by atoms with Gasteiger partial charge in [-0.3, -0.25) is 0 Å². The van der Waals surface area contributed by atoms with Gasteiger partial charge in [-0.2, -0.15) is 0 Å². The Kier molecular flexibility index (Phi) is 4.20. The molecule has 2 N–H and O–H groups in total. The first kappa shape index (κ1) is 14.0. The maximum atomic E-state index is 5.96. The zero-order valence-electron chi connectivity index (χ0n) is 12.4. The molecular formula is C15H25N3O. The molecule has 0 saturated carbocycles. The Morgan fingerprint density at radius 3 is 2.68 bits per heavy atom. The lowest BCUT2D eigenvalue weighted by atomic mass is 10.2. The lowest BCUT2D eigenvalue weighted by Crippen LogP contribution is -2.31. The standard InChI is InChI=1S/C15H25N3O/c1-11(2)19-15-9-12(5-6-14(15)16)18-8-7-13(10-18)17(3)4/h5-6,9,11,13H,7-8,10,16H2,1-4H3/t13-/m0/s1. The van der Waals surface area contributed by atoms with Crippen LogP contribution in [-0.4, -0.2) is 44.2 Å². The van der Waals surface area contributed by atoms with Gasteiger partial charge >= 0.3 is 0 Å². The van der Waals surface area contributed by atoms with Crippen molar-refractivity contribution in [2.24, 2.45) is 0 Å². The van der Waals surface area contributed by atoms with Crippen LogP contribution in [0.3, 0.4) is 0 Å². The van der Waals surface area contributed by atoms with Crippen LogP contribution in [0.15, 0.2) is 18.2 Å². The van der Waals surface area contributed by atoms with Crippen molar-refractivity contribution < 1.29 is 4.74 Å². The van der Waals surface area contributed by atoms with Crippen molar-refractivity contribution in [2.45, 2.75) is 32.4 Å². The monoisotopic (exact) mass is 263 g/mol. The number of hydrogen-bond donors (Lipinski definition) is 1. The second kappa shape index (κ2) is 5.70. The highest BCUT2D eigenvalue weighted by atomic mass is 16.5. The Morgan fingerprint density at radius 1 is 1.37 bits per heavy atom. The summed E-state index contributed by atoms with van der Waals surface area (Å²) in [5, 5.41) is 0. The van der Waals surface area contributed by atoms with Gasteiger partial charge in [0.15, 0.2) is 0 Å². The molecule has 4 heteroatoms. The van der Waals surface area contributed by atoms with E-state index in [9.17, 15) is 0 Å². The highest BCUT2D eigenvalue weighted by Gasteiger charge is 2.24. The normalized spacial score (nSPS) is 19.5. The number of rotatable bonds is 4. The number of nitrogens with zero attached hydrogens (tertiary/aromatic N) is 2. The Hall–Kier alpha value is -1.42. The number of nitrogen functional groups attached to an aromatic ring is 1. The molecule has 1 heterocycles. The van der Waals surface area contributed by atoms with Crippen LogP contribution in [0.2, 0.25) is 0 Å². The van der Waals surface area contributed by atoms with Gasteiger partial charge in [-0.1, -0.05) is 0 Å². The fourth-order valence-electron chi connectivity index (χ4n) is 2.47. The van der Waals surface area contributed by atoms with Crippen molar-refractivity contribution in [3.05, 3.63) is 18.2 Å². The van der Waals surface area contributed by atoms with Crippen molar-refractivity contribution in [2.75, 3.05) is 37.8 Å². The average Bonchev–Trinajstić information content (AvgIpc) is 2.81. The smallest absolute Gasteiger partial charge is 0.144 e. The SMILES string of the molecule is CC(C)Oc1cc(N2CC[C@H](N(C)C)C2)ccc1N. The summed E-state index contributed by atoms with van der Waals surface area (Å²) in [7, 11) is 4.29. The van der Waals surface area contributed by atoms with Gasteiger partial charge in [0.2, 0.25) is 0 Å². The summed E-state index contributed by atoms with van der Waals surface area (Å²) in [6, 6.07) is 6.72. The van der Waals surface area contributed by atoms with Gasteiger partial charge in [-0.15, -0.1) is 0 Å². The van der Waals surface area contributed by atoms with Crippen molar-refractivity contribution in [3.63, 3.8) is 0 Å². The minimum Gasteiger partial charge on any atom is -0.489 e. The number of benzene rings is 1. The third-order valence-corrected chi connectivity index (χ3v) is 3.62. The molecule has 4 nitrogen and oxygen atoms in total. The fourth-order valence-corrected chi connectivity index (χ4v) is 2.47. The van der Waals surface area contributed by atoms with Crippen molar-refractivity contribution in [1.82, 2.24) is 4.90 Å². The molecule has 0 spiro atoms. The molecule has 0 amide bonds. The van der Waals surface area contributed by atoms with Crippen molar-refractivity contribution in [1.29, 1.82) is 0 Å². The summed E-state index contributed by atoms with van der Waals surface area (Å²) in [4.78, 5) is 4.69. The van der Waals surface area contributed by atoms with Gasteiger partial charge in [0.25, 0.3) is 0 Å². The summed E-state index contributed by atoms with van der Waals surface area (Å²) >= 11 is 0. The third-order valence-electron chi connectivity index (χ3n) is 3.62. The van der Waals surface area contributed by atoms with Crippen LogP contribution in [-0.2, 0) is 0 Å². The van der Waals surface area contributed by atoms with Gasteiger partial charge in [0.05, 0.1) is 11.8 Å². The van der Waals surface area contributed by atoms with Crippen LogP contribution in [0.1, 0.15) is 20.3 Å². The molecule has 0 aliphatic carbocycles. The average molecular weight is 263 g/mol. The molecule has 1 saturated heterocycles. The first-order chi connectivity index (χ1) is 8.97. The highest BCUT2D eigenvalue weighted by molar-refractivity contribution is 5.62. The van der Waals surface area contributed by atoms with Gasteiger partial charge in [-0.25, -0.2) is 0 Å². The number of ether oxygens (including phenoxy) is 1. The Labute approximate surface area is 116 Å². The van der Waals surface area contributed by atoms with Gasteiger partial charge in [-0.05, 0) is 46.5 Å². The van der Waals surface area contributed by atoms with E-state index in [2.05, 4.69) is 36.0 Å². The zero-order chi connectivity index (χ0) is 14.0. The molecule has 1 aliphatic heterocycles. The topological polar surface area (TPSA) is 41.7 Å². The van der Waals surface area contributed by atoms with E-state index in [1.807, 2.05) is 19.9 Å². The van der Waals surface area contributed by atoms with Crippen LogP contribution in [0.5, 0.6) is 5.75 Å². The lowest BCUT2D eigenvalue weighted by Gasteiger charge is -2.23. The summed E-state index contributed by atoms with van der Waals surface area (Å²) < 4.78 is 5.76. The summed E-state index contributed by atoms with van der Waals surface area (Å²) in [6.07, 6.45) is 1.35. The number of likely N-dealkylation sites (N-methyl/N-ethyl adjacent to an activating group) is 1. The van der Waals surface area contributed by atoms with Crippen molar-refractivity contribution in [3.8, 4) is 5.75 Å². The maximum Gasteiger partial charge on any atom is 0.144 e. The van der Waals surface area contributed by atoms with Crippen LogP contribution >= 0.6 is 0 Å². The van der Waals surface area contributed by atoms with Gasteiger partial charge in [0.1, 0.15) is 5.75 Å². The van der Waals surface area contributed by atoms with Gasteiger partial charge in [0, 0.05) is 30.9 Å². The summed E-state index contributed by atoms with van der Waals surface area (Å²) in [6.45, 7) is 6.19.